The van der Waals surface area contributed by atoms with E-state index in [2.05, 4.69) is 0 Å². The summed E-state index contributed by atoms with van der Waals surface area (Å²) in [5.74, 6) is -0.294. The van der Waals surface area contributed by atoms with Gasteiger partial charge in [-0.1, -0.05) is 41.9 Å². The highest BCUT2D eigenvalue weighted by Gasteiger charge is 2.34. The quantitative estimate of drug-likeness (QED) is 0.243. The summed E-state index contributed by atoms with van der Waals surface area (Å²) in [4.78, 5) is 37.9. The van der Waals surface area contributed by atoms with Gasteiger partial charge in [-0.15, -0.1) is 0 Å². The molecular formula is C27H22ClNO6. The van der Waals surface area contributed by atoms with Gasteiger partial charge in [-0.3, -0.25) is 14.5 Å². The number of methoxy groups -OCH3 is 1. The molecule has 4 rings (SSSR count). The minimum Gasteiger partial charge on any atom is -0.493 e. The van der Waals surface area contributed by atoms with Crippen molar-refractivity contribution < 1.29 is 28.6 Å². The van der Waals surface area contributed by atoms with E-state index in [9.17, 15) is 14.4 Å². The van der Waals surface area contributed by atoms with Gasteiger partial charge in [0.25, 0.3) is 11.8 Å². The van der Waals surface area contributed by atoms with E-state index in [1.807, 2.05) is 12.1 Å². The molecule has 1 heterocycles. The van der Waals surface area contributed by atoms with Crippen LogP contribution in [0.4, 0.5) is 0 Å². The van der Waals surface area contributed by atoms with Crippen molar-refractivity contribution in [3.8, 4) is 11.5 Å². The summed E-state index contributed by atoms with van der Waals surface area (Å²) in [7, 11) is 1.53. The molecule has 0 saturated carbocycles. The average molecular weight is 492 g/mol. The number of hydrogen-bond donors (Lipinski definition) is 0. The summed E-state index contributed by atoms with van der Waals surface area (Å²) in [6, 6.07) is 19.2. The van der Waals surface area contributed by atoms with Crippen LogP contribution in [0.15, 0.2) is 72.8 Å². The lowest BCUT2D eigenvalue weighted by molar-refractivity contribution is -0.137. The van der Waals surface area contributed by atoms with Crippen molar-refractivity contribution in [2.75, 3.05) is 20.3 Å². The fourth-order valence-corrected chi connectivity index (χ4v) is 3.67. The maximum absolute atomic E-state index is 12.3. The second-order valence-corrected chi connectivity index (χ2v) is 8.07. The van der Waals surface area contributed by atoms with Gasteiger partial charge in [-0.2, -0.15) is 0 Å². The molecule has 0 bridgehead atoms. The molecule has 7 nitrogen and oxygen atoms in total. The maximum Gasteiger partial charge on any atom is 0.330 e. The van der Waals surface area contributed by atoms with Crippen molar-refractivity contribution in [3.63, 3.8) is 0 Å². The molecule has 0 N–H and O–H groups in total. The third-order valence-electron chi connectivity index (χ3n) is 5.34. The summed E-state index contributed by atoms with van der Waals surface area (Å²) >= 11 is 5.90. The van der Waals surface area contributed by atoms with Crippen molar-refractivity contribution in [1.29, 1.82) is 0 Å². The highest BCUT2D eigenvalue weighted by Crippen LogP contribution is 2.29. The summed E-state index contributed by atoms with van der Waals surface area (Å²) in [5, 5.41) is 0.657. The average Bonchev–Trinajstić information content (AvgIpc) is 3.12. The van der Waals surface area contributed by atoms with E-state index in [0.29, 0.717) is 39.8 Å². The van der Waals surface area contributed by atoms with Gasteiger partial charge in [0.2, 0.25) is 0 Å². The molecule has 2 amide bonds. The molecule has 1 aliphatic heterocycles. The number of amides is 2. The highest BCUT2D eigenvalue weighted by molar-refractivity contribution is 6.30. The Morgan fingerprint density at radius 2 is 1.63 bits per heavy atom. The molecule has 35 heavy (non-hydrogen) atoms. The number of halogens is 1. The Morgan fingerprint density at radius 1 is 0.943 bits per heavy atom. The molecule has 3 aromatic rings. The van der Waals surface area contributed by atoms with E-state index in [1.165, 1.54) is 13.2 Å². The van der Waals surface area contributed by atoms with Crippen LogP contribution in [0.25, 0.3) is 6.08 Å². The number of carbonyl (C=O) groups excluding carboxylic acids is 3. The summed E-state index contributed by atoms with van der Waals surface area (Å²) in [6.07, 6.45) is 2.85. The maximum atomic E-state index is 12.3. The summed E-state index contributed by atoms with van der Waals surface area (Å²) in [5.41, 5.74) is 2.39. The first-order chi connectivity index (χ1) is 17.0. The Labute approximate surface area is 207 Å². The SMILES string of the molecule is COc1cc(/C=C/C(=O)OCCN2C(=O)c3ccccc3C2=O)ccc1OCc1ccc(Cl)cc1. The van der Waals surface area contributed by atoms with Gasteiger partial charge in [-0.25, -0.2) is 4.79 Å². The normalized spacial score (nSPS) is 12.7. The van der Waals surface area contributed by atoms with Crippen LogP contribution in [0.2, 0.25) is 5.02 Å². The molecule has 0 aromatic heterocycles. The van der Waals surface area contributed by atoms with E-state index < -0.39 is 5.97 Å². The topological polar surface area (TPSA) is 82.1 Å². The molecule has 0 unspecified atom stereocenters. The number of imide groups is 1. The molecule has 0 fully saturated rings. The third-order valence-corrected chi connectivity index (χ3v) is 5.60. The smallest absolute Gasteiger partial charge is 0.330 e. The van der Waals surface area contributed by atoms with Crippen LogP contribution in [-0.2, 0) is 16.1 Å². The molecule has 178 valence electrons. The molecule has 8 heteroatoms. The van der Waals surface area contributed by atoms with Gasteiger partial charge < -0.3 is 14.2 Å². The third kappa shape index (κ3) is 5.70. The van der Waals surface area contributed by atoms with Crippen LogP contribution in [0.5, 0.6) is 11.5 Å². The first-order valence-corrected chi connectivity index (χ1v) is 11.2. The van der Waals surface area contributed by atoms with E-state index in [0.717, 1.165) is 10.5 Å². The number of ether oxygens (including phenoxy) is 3. The zero-order valence-corrected chi connectivity index (χ0v) is 19.7. The van der Waals surface area contributed by atoms with Gasteiger partial charge in [0, 0.05) is 11.1 Å². The molecule has 0 spiro atoms. The minimum absolute atomic E-state index is 0.0145. The summed E-state index contributed by atoms with van der Waals surface area (Å²) in [6.45, 7) is 0.233. The van der Waals surface area contributed by atoms with Gasteiger partial charge in [0.1, 0.15) is 13.2 Å². The monoisotopic (exact) mass is 491 g/mol. The van der Waals surface area contributed by atoms with Crippen LogP contribution in [0, 0.1) is 0 Å². The lowest BCUT2D eigenvalue weighted by atomic mass is 10.1. The number of rotatable bonds is 9. The van der Waals surface area contributed by atoms with Crippen molar-refractivity contribution in [3.05, 3.63) is 100 Å². The summed E-state index contributed by atoms with van der Waals surface area (Å²) < 4.78 is 16.4. The number of fused-ring (bicyclic) bond motifs is 1. The van der Waals surface area contributed by atoms with Crippen molar-refractivity contribution in [2.24, 2.45) is 0 Å². The zero-order chi connectivity index (χ0) is 24.8. The first-order valence-electron chi connectivity index (χ1n) is 10.8. The van der Waals surface area contributed by atoms with Crippen molar-refractivity contribution in [2.45, 2.75) is 6.61 Å². The van der Waals surface area contributed by atoms with Gasteiger partial charge in [0.05, 0.1) is 24.8 Å². The predicted molar refractivity (Wildman–Crippen MR) is 131 cm³/mol. The van der Waals surface area contributed by atoms with Crippen LogP contribution in [0.1, 0.15) is 31.8 Å². The molecule has 0 saturated heterocycles. The Kier molecular flexibility index (Phi) is 7.48. The second kappa shape index (κ2) is 10.9. The lowest BCUT2D eigenvalue weighted by Gasteiger charge is -2.13. The molecule has 0 radical (unpaired) electrons. The lowest BCUT2D eigenvalue weighted by Crippen LogP contribution is -2.33. The van der Waals surface area contributed by atoms with Crippen LogP contribution >= 0.6 is 11.6 Å². The van der Waals surface area contributed by atoms with Crippen LogP contribution in [-0.4, -0.2) is 42.9 Å². The van der Waals surface area contributed by atoms with Crippen molar-refractivity contribution in [1.82, 2.24) is 4.90 Å². The second-order valence-electron chi connectivity index (χ2n) is 7.63. The molecule has 0 atom stereocenters. The Bertz CT molecular complexity index is 1250. The first kappa shape index (κ1) is 24.0. The number of esters is 1. The fourth-order valence-electron chi connectivity index (χ4n) is 3.54. The van der Waals surface area contributed by atoms with Crippen LogP contribution < -0.4 is 9.47 Å². The zero-order valence-electron chi connectivity index (χ0n) is 18.9. The fraction of sp³-hybridized carbons (Fsp3) is 0.148. The molecule has 1 aliphatic rings. The van der Waals surface area contributed by atoms with Crippen LogP contribution in [0.3, 0.4) is 0 Å². The van der Waals surface area contributed by atoms with E-state index in [-0.39, 0.29) is 25.0 Å². The van der Waals surface area contributed by atoms with E-state index in [1.54, 1.807) is 60.7 Å². The molecular weight excluding hydrogens is 470 g/mol. The van der Waals surface area contributed by atoms with E-state index in [4.69, 9.17) is 25.8 Å². The molecule has 0 aliphatic carbocycles. The largest absolute Gasteiger partial charge is 0.493 e. The van der Waals surface area contributed by atoms with Gasteiger partial charge in [0.15, 0.2) is 11.5 Å². The number of nitrogens with zero attached hydrogens (tertiary/aromatic N) is 1. The highest BCUT2D eigenvalue weighted by atomic mass is 35.5. The standard InChI is InChI=1S/C27H22ClNO6/c1-33-24-16-18(8-12-23(24)35-17-19-6-10-20(28)11-7-19)9-13-25(30)34-15-14-29-26(31)21-4-2-3-5-22(21)27(29)32/h2-13,16H,14-15,17H2,1H3/b13-9+. The van der Waals surface area contributed by atoms with Gasteiger partial charge in [-0.05, 0) is 53.6 Å². The molecule has 3 aromatic carbocycles. The number of hydrogen-bond acceptors (Lipinski definition) is 6. The predicted octanol–water partition coefficient (Wildman–Crippen LogP) is 4.78. The number of benzene rings is 3. The Morgan fingerprint density at radius 3 is 2.29 bits per heavy atom. The van der Waals surface area contributed by atoms with E-state index >= 15 is 0 Å². The van der Waals surface area contributed by atoms with Gasteiger partial charge >= 0.3 is 5.97 Å². The minimum atomic E-state index is -0.594. The Balaban J connectivity index is 1.29. The van der Waals surface area contributed by atoms with Crippen molar-refractivity contribution >= 4 is 35.5 Å². The number of carbonyl (C=O) groups is 3. The Hall–Kier alpha value is -4.10.